The molecular weight excluding hydrogens is 318 g/mol. The van der Waals surface area contributed by atoms with Crippen LogP contribution in [-0.4, -0.2) is 59.2 Å². The summed E-state index contributed by atoms with van der Waals surface area (Å²) in [5, 5.41) is 33.7. The molecule has 5 N–H and O–H groups in total. The highest BCUT2D eigenvalue weighted by Gasteiger charge is 2.20. The Hall–Kier alpha value is -1.85. The molecular formula is C11H17N3O7S-2. The van der Waals surface area contributed by atoms with Crippen LogP contribution in [0.15, 0.2) is 0 Å². The molecule has 0 aliphatic carbocycles. The third-order valence-corrected chi connectivity index (χ3v) is 3.17. The van der Waals surface area contributed by atoms with Gasteiger partial charge in [-0.15, -0.1) is 11.8 Å². The van der Waals surface area contributed by atoms with Crippen LogP contribution in [0.4, 0.5) is 0 Å². The van der Waals surface area contributed by atoms with Gasteiger partial charge in [0.2, 0.25) is 11.8 Å². The van der Waals surface area contributed by atoms with Crippen LogP contribution in [0.2, 0.25) is 0 Å². The van der Waals surface area contributed by atoms with Crippen molar-refractivity contribution in [3.63, 3.8) is 0 Å². The second-order valence-corrected chi connectivity index (χ2v) is 5.17. The van der Waals surface area contributed by atoms with Crippen molar-refractivity contribution >= 4 is 35.5 Å². The molecule has 11 heteroatoms. The first-order valence-electron chi connectivity index (χ1n) is 6.19. The van der Waals surface area contributed by atoms with Crippen molar-refractivity contribution in [3.8, 4) is 0 Å². The van der Waals surface area contributed by atoms with Gasteiger partial charge in [0, 0.05) is 18.2 Å². The molecule has 22 heavy (non-hydrogen) atoms. The molecule has 0 spiro atoms. The van der Waals surface area contributed by atoms with Crippen LogP contribution >= 0.6 is 11.8 Å². The summed E-state index contributed by atoms with van der Waals surface area (Å²) < 4.78 is 0. The number of carboxylic acid groups (broad SMARTS) is 2. The maximum absolute atomic E-state index is 11.7. The molecule has 0 aromatic heterocycles. The van der Waals surface area contributed by atoms with Gasteiger partial charge in [0.25, 0.3) is 0 Å². The number of aliphatic hydroxyl groups excluding tert-OH is 1. The Morgan fingerprint density at radius 2 is 1.86 bits per heavy atom. The number of thioether (sulfide) groups is 1. The van der Waals surface area contributed by atoms with Gasteiger partial charge in [-0.2, -0.15) is 0 Å². The van der Waals surface area contributed by atoms with Crippen LogP contribution in [0.1, 0.15) is 12.8 Å². The van der Waals surface area contributed by atoms with E-state index in [0.29, 0.717) is 0 Å². The Morgan fingerprint density at radius 1 is 1.23 bits per heavy atom. The molecule has 2 atom stereocenters. The summed E-state index contributed by atoms with van der Waals surface area (Å²) in [5.41, 5.74) is 5.19. The predicted octanol–water partition coefficient (Wildman–Crippen LogP) is -5.12. The summed E-state index contributed by atoms with van der Waals surface area (Å²) in [4.78, 5) is 44.0. The van der Waals surface area contributed by atoms with Gasteiger partial charge in [-0.1, -0.05) is 0 Å². The highest BCUT2D eigenvalue weighted by atomic mass is 32.2. The molecule has 0 radical (unpaired) electrons. The van der Waals surface area contributed by atoms with Crippen molar-refractivity contribution in [2.24, 2.45) is 5.73 Å². The van der Waals surface area contributed by atoms with Crippen LogP contribution in [0.3, 0.4) is 0 Å². The first kappa shape index (κ1) is 20.1. The molecule has 0 saturated carbocycles. The summed E-state index contributed by atoms with van der Waals surface area (Å²) in [7, 11) is 0. The number of carbonyl (C=O) groups is 4. The number of hydrogen-bond donors (Lipinski definition) is 4. The highest BCUT2D eigenvalue weighted by molar-refractivity contribution is 7.99. The van der Waals surface area contributed by atoms with Crippen LogP contribution in [-0.2, 0) is 19.2 Å². The SMILES string of the molecule is N[C@@H](CCC(=O)N[C@@H](CSCO)C(=O)NCC(=O)[O-])C(=O)[O-]. The minimum absolute atomic E-state index is 0.00760. The molecule has 0 fully saturated rings. The summed E-state index contributed by atoms with van der Waals surface area (Å²) >= 11 is 0.938. The number of nitrogens with one attached hydrogen (secondary N) is 2. The fourth-order valence-corrected chi connectivity index (χ4v) is 1.88. The lowest BCUT2D eigenvalue weighted by atomic mass is 10.1. The standard InChI is InChI=1S/C11H19N3O7S/c12-6(11(20)21)1-2-8(16)14-7(4-22-5-15)10(19)13-3-9(17)18/h6-7,15H,1-5,12H2,(H,13,19)(H,14,16)(H,17,18)(H,20,21)/p-2/t6-,7-/m0/s1. The van der Waals surface area contributed by atoms with E-state index in [4.69, 9.17) is 10.8 Å². The third-order valence-electron chi connectivity index (χ3n) is 2.42. The Bertz CT molecular complexity index is 418. The van der Waals surface area contributed by atoms with Crippen molar-refractivity contribution < 1.29 is 34.5 Å². The van der Waals surface area contributed by atoms with Gasteiger partial charge in [-0.25, -0.2) is 0 Å². The number of carboxylic acids is 2. The summed E-state index contributed by atoms with van der Waals surface area (Å²) in [6.45, 7) is -0.718. The Morgan fingerprint density at radius 3 is 2.36 bits per heavy atom. The fourth-order valence-electron chi connectivity index (χ4n) is 1.31. The Balaban J connectivity index is 4.43. The van der Waals surface area contributed by atoms with Crippen molar-refractivity contribution in [2.45, 2.75) is 24.9 Å². The maximum atomic E-state index is 11.7. The average Bonchev–Trinajstić information content (AvgIpc) is 2.46. The first-order chi connectivity index (χ1) is 10.3. The van der Waals surface area contributed by atoms with Crippen LogP contribution in [0, 0.1) is 0 Å². The van der Waals surface area contributed by atoms with E-state index in [1.54, 1.807) is 0 Å². The smallest absolute Gasteiger partial charge is 0.243 e. The summed E-state index contributed by atoms with van der Waals surface area (Å²) in [6.07, 6.45) is -0.419. The minimum atomic E-state index is -1.49. The summed E-state index contributed by atoms with van der Waals surface area (Å²) in [5.74, 6) is -4.67. The van der Waals surface area contributed by atoms with Crippen molar-refractivity contribution in [2.75, 3.05) is 18.2 Å². The molecule has 0 heterocycles. The van der Waals surface area contributed by atoms with E-state index in [1.807, 2.05) is 5.32 Å². The molecule has 126 valence electrons. The Labute approximate surface area is 130 Å². The lowest BCUT2D eigenvalue weighted by molar-refractivity contribution is -0.308. The van der Waals surface area contributed by atoms with E-state index in [1.165, 1.54) is 0 Å². The van der Waals surface area contributed by atoms with E-state index in [2.05, 4.69) is 5.32 Å². The zero-order chi connectivity index (χ0) is 17.1. The fraction of sp³-hybridized carbons (Fsp3) is 0.636. The third kappa shape index (κ3) is 9.15. The van der Waals surface area contributed by atoms with Gasteiger partial charge in [0.05, 0.1) is 24.4 Å². The molecule has 0 bridgehead atoms. The normalized spacial score (nSPS) is 13.0. The first-order valence-corrected chi connectivity index (χ1v) is 7.35. The van der Waals surface area contributed by atoms with E-state index in [-0.39, 0.29) is 24.5 Å². The molecule has 0 aromatic rings. The average molecular weight is 335 g/mol. The lowest BCUT2D eigenvalue weighted by Crippen LogP contribution is -2.51. The van der Waals surface area contributed by atoms with E-state index < -0.39 is 42.4 Å². The van der Waals surface area contributed by atoms with Crippen molar-refractivity contribution in [3.05, 3.63) is 0 Å². The van der Waals surface area contributed by atoms with Gasteiger partial charge < -0.3 is 41.3 Å². The van der Waals surface area contributed by atoms with Gasteiger partial charge in [-0.05, 0) is 6.42 Å². The predicted molar refractivity (Wildman–Crippen MR) is 71.7 cm³/mol. The number of amides is 2. The molecule has 2 amide bonds. The van der Waals surface area contributed by atoms with Gasteiger partial charge in [0.1, 0.15) is 6.04 Å². The molecule has 0 aromatic carbocycles. The second-order valence-electron chi connectivity index (χ2n) is 4.17. The zero-order valence-electron chi connectivity index (χ0n) is 11.6. The number of rotatable bonds is 11. The lowest BCUT2D eigenvalue weighted by Gasteiger charge is -2.19. The maximum Gasteiger partial charge on any atom is 0.243 e. The van der Waals surface area contributed by atoms with Crippen LogP contribution < -0.4 is 26.6 Å². The van der Waals surface area contributed by atoms with E-state index >= 15 is 0 Å². The zero-order valence-corrected chi connectivity index (χ0v) is 12.4. The van der Waals surface area contributed by atoms with E-state index in [9.17, 15) is 29.4 Å². The second kappa shape index (κ2) is 10.8. The largest absolute Gasteiger partial charge is 0.548 e. The quantitative estimate of drug-likeness (QED) is 0.268. The van der Waals surface area contributed by atoms with Crippen molar-refractivity contribution in [1.29, 1.82) is 0 Å². The Kier molecular flexibility index (Phi) is 9.91. The minimum Gasteiger partial charge on any atom is -0.548 e. The molecule has 0 rings (SSSR count). The topological polar surface area (TPSA) is 185 Å². The molecule has 0 unspecified atom stereocenters. The van der Waals surface area contributed by atoms with Crippen LogP contribution in [0.25, 0.3) is 0 Å². The van der Waals surface area contributed by atoms with Gasteiger partial charge in [-0.3, -0.25) is 9.59 Å². The molecule has 0 aliphatic heterocycles. The highest BCUT2D eigenvalue weighted by Crippen LogP contribution is 2.02. The van der Waals surface area contributed by atoms with Gasteiger partial charge >= 0.3 is 0 Å². The molecule has 0 saturated heterocycles. The number of carbonyl (C=O) groups excluding carboxylic acids is 4. The molecule has 10 nitrogen and oxygen atoms in total. The van der Waals surface area contributed by atoms with Crippen LogP contribution in [0.5, 0.6) is 0 Å². The summed E-state index contributed by atoms with van der Waals surface area (Å²) in [6, 6.07) is -2.38. The number of aliphatic hydroxyl groups is 1. The number of hydrogen-bond acceptors (Lipinski definition) is 9. The molecule has 0 aliphatic rings. The van der Waals surface area contributed by atoms with E-state index in [0.717, 1.165) is 11.8 Å². The van der Waals surface area contributed by atoms with Gasteiger partial charge in [0.15, 0.2) is 0 Å². The monoisotopic (exact) mass is 335 g/mol. The number of nitrogens with two attached hydrogens (primary N) is 1. The number of aliphatic carboxylic acids is 2. The van der Waals surface area contributed by atoms with Crippen molar-refractivity contribution in [1.82, 2.24) is 10.6 Å².